The van der Waals surface area contributed by atoms with Gasteiger partial charge in [-0.1, -0.05) is 36.4 Å². The van der Waals surface area contributed by atoms with Gasteiger partial charge in [-0.05, 0) is 41.7 Å². The van der Waals surface area contributed by atoms with Crippen molar-refractivity contribution in [2.45, 2.75) is 26.4 Å². The monoisotopic (exact) mass is 373 g/mol. The van der Waals surface area contributed by atoms with Crippen molar-refractivity contribution in [2.24, 2.45) is 11.8 Å². The van der Waals surface area contributed by atoms with Crippen molar-refractivity contribution in [3.63, 3.8) is 0 Å². The van der Waals surface area contributed by atoms with Crippen LogP contribution >= 0.6 is 0 Å². The number of rotatable bonds is 3. The summed E-state index contributed by atoms with van der Waals surface area (Å²) in [5.74, 6) is 1.26. The number of amides is 1. The molecule has 2 aromatic carbocycles. The maximum Gasteiger partial charge on any atom is 0.219 e. The molecule has 4 nitrogen and oxygen atoms in total. The molecule has 0 radical (unpaired) electrons. The van der Waals surface area contributed by atoms with Crippen LogP contribution in [0.1, 0.15) is 29.7 Å². The van der Waals surface area contributed by atoms with E-state index in [1.807, 2.05) is 6.20 Å². The number of hydrogen-bond acceptors (Lipinski definition) is 2. The fourth-order valence-corrected chi connectivity index (χ4v) is 5.44. The normalized spacial score (nSPS) is 24.8. The molecular weight excluding hydrogens is 346 g/mol. The summed E-state index contributed by atoms with van der Waals surface area (Å²) in [5.41, 5.74) is 5.20. The second kappa shape index (κ2) is 6.78. The minimum Gasteiger partial charge on any atom is -0.361 e. The molecule has 3 atom stereocenters. The van der Waals surface area contributed by atoms with Gasteiger partial charge in [0.25, 0.3) is 0 Å². The van der Waals surface area contributed by atoms with Crippen LogP contribution in [-0.4, -0.2) is 40.3 Å². The maximum absolute atomic E-state index is 12.4. The van der Waals surface area contributed by atoms with Crippen molar-refractivity contribution >= 4 is 16.8 Å². The van der Waals surface area contributed by atoms with Crippen molar-refractivity contribution in [2.75, 3.05) is 19.6 Å². The van der Waals surface area contributed by atoms with Crippen LogP contribution in [0.2, 0.25) is 0 Å². The molecule has 0 unspecified atom stereocenters. The van der Waals surface area contributed by atoms with Gasteiger partial charge in [-0.3, -0.25) is 9.69 Å². The number of carbonyl (C=O) groups excluding carboxylic acids is 1. The van der Waals surface area contributed by atoms with E-state index in [9.17, 15) is 4.79 Å². The molecule has 28 heavy (non-hydrogen) atoms. The SMILES string of the molecule is CC(=O)N1C[C@H]2CN(Cc3cccc4[nH]ccc34)C[C@H]2[C@@H]1c1ccccc1C. The van der Waals surface area contributed by atoms with Crippen LogP contribution in [-0.2, 0) is 11.3 Å². The molecule has 1 amide bonds. The average Bonchev–Trinajstić information content (AvgIpc) is 3.36. The minimum atomic E-state index is 0.200. The predicted octanol–water partition coefficient (Wildman–Crippen LogP) is 4.13. The van der Waals surface area contributed by atoms with Gasteiger partial charge in [0.15, 0.2) is 0 Å². The van der Waals surface area contributed by atoms with Crippen LogP contribution in [0.3, 0.4) is 0 Å². The number of carbonyl (C=O) groups is 1. The Kier molecular flexibility index (Phi) is 4.24. The average molecular weight is 374 g/mol. The highest BCUT2D eigenvalue weighted by atomic mass is 16.2. The van der Waals surface area contributed by atoms with Crippen molar-refractivity contribution in [1.82, 2.24) is 14.8 Å². The first kappa shape index (κ1) is 17.5. The first-order valence-electron chi connectivity index (χ1n) is 10.2. The molecule has 0 bridgehead atoms. The number of nitrogens with zero attached hydrogens (tertiary/aromatic N) is 2. The number of aryl methyl sites for hydroxylation is 1. The fraction of sp³-hybridized carbons (Fsp3) is 0.375. The lowest BCUT2D eigenvalue weighted by Gasteiger charge is -2.30. The van der Waals surface area contributed by atoms with E-state index in [4.69, 9.17) is 0 Å². The Hall–Kier alpha value is -2.59. The highest BCUT2D eigenvalue weighted by Crippen LogP contribution is 2.46. The zero-order valence-corrected chi connectivity index (χ0v) is 16.6. The first-order chi connectivity index (χ1) is 13.6. The number of aromatic amines is 1. The van der Waals surface area contributed by atoms with Crippen LogP contribution in [0, 0.1) is 18.8 Å². The van der Waals surface area contributed by atoms with Gasteiger partial charge >= 0.3 is 0 Å². The standard InChI is InChI=1S/C24H27N3O/c1-16-6-3-4-8-20(16)24-22-15-26(13-19(22)14-27(24)17(2)28)12-18-7-5-9-23-21(18)10-11-25-23/h3-11,19,22,24-25H,12-15H2,1-2H3/t19-,22-,24+/m1/s1. The minimum absolute atomic E-state index is 0.200. The summed E-state index contributed by atoms with van der Waals surface area (Å²) in [5, 5.41) is 1.32. The third kappa shape index (κ3) is 2.83. The largest absolute Gasteiger partial charge is 0.361 e. The number of benzene rings is 2. The Morgan fingerprint density at radius 2 is 1.93 bits per heavy atom. The smallest absolute Gasteiger partial charge is 0.219 e. The lowest BCUT2D eigenvalue weighted by molar-refractivity contribution is -0.130. The lowest BCUT2D eigenvalue weighted by atomic mass is 9.87. The highest BCUT2D eigenvalue weighted by molar-refractivity contribution is 5.82. The Bertz CT molecular complexity index is 1020. The van der Waals surface area contributed by atoms with E-state index >= 15 is 0 Å². The molecule has 3 heterocycles. The van der Waals surface area contributed by atoms with Gasteiger partial charge in [-0.15, -0.1) is 0 Å². The van der Waals surface area contributed by atoms with E-state index in [0.717, 1.165) is 26.2 Å². The summed E-state index contributed by atoms with van der Waals surface area (Å²) in [6.07, 6.45) is 2.02. The van der Waals surface area contributed by atoms with Crippen molar-refractivity contribution in [1.29, 1.82) is 0 Å². The fourth-order valence-electron chi connectivity index (χ4n) is 5.44. The summed E-state index contributed by atoms with van der Waals surface area (Å²) in [7, 11) is 0. The molecule has 2 aliphatic heterocycles. The topological polar surface area (TPSA) is 39.3 Å². The van der Waals surface area contributed by atoms with Gasteiger partial charge in [0, 0.05) is 56.1 Å². The Morgan fingerprint density at radius 3 is 2.75 bits per heavy atom. The summed E-state index contributed by atoms with van der Waals surface area (Å²) in [6.45, 7) is 7.86. The van der Waals surface area contributed by atoms with E-state index in [0.29, 0.717) is 11.8 Å². The Labute approximate surface area is 166 Å². The number of H-pyrrole nitrogens is 1. The van der Waals surface area contributed by atoms with Gasteiger partial charge in [0.1, 0.15) is 0 Å². The zero-order chi connectivity index (χ0) is 19.3. The molecule has 0 spiro atoms. The molecule has 1 aromatic heterocycles. The van der Waals surface area contributed by atoms with Gasteiger partial charge in [0.2, 0.25) is 5.91 Å². The van der Waals surface area contributed by atoms with Crippen LogP contribution < -0.4 is 0 Å². The molecule has 0 saturated carbocycles. The summed E-state index contributed by atoms with van der Waals surface area (Å²) in [4.78, 5) is 20.4. The van der Waals surface area contributed by atoms with Crippen LogP contribution in [0.25, 0.3) is 10.9 Å². The predicted molar refractivity (Wildman–Crippen MR) is 112 cm³/mol. The number of nitrogens with one attached hydrogen (secondary N) is 1. The van der Waals surface area contributed by atoms with Crippen molar-refractivity contribution in [3.05, 3.63) is 71.4 Å². The number of likely N-dealkylation sites (tertiary alicyclic amines) is 2. The molecule has 3 aromatic rings. The Morgan fingerprint density at radius 1 is 1.07 bits per heavy atom. The van der Waals surface area contributed by atoms with E-state index in [-0.39, 0.29) is 11.9 Å². The highest BCUT2D eigenvalue weighted by Gasteiger charge is 2.48. The molecule has 4 heteroatoms. The third-order valence-corrected chi connectivity index (χ3v) is 6.73. The van der Waals surface area contributed by atoms with E-state index < -0.39 is 0 Å². The number of hydrogen-bond donors (Lipinski definition) is 1. The second-order valence-corrected chi connectivity index (χ2v) is 8.45. The molecule has 5 rings (SSSR count). The quantitative estimate of drug-likeness (QED) is 0.750. The summed E-state index contributed by atoms with van der Waals surface area (Å²) >= 11 is 0. The van der Waals surface area contributed by atoms with Crippen molar-refractivity contribution < 1.29 is 4.79 Å². The van der Waals surface area contributed by atoms with E-state index in [1.54, 1.807) is 6.92 Å². The maximum atomic E-state index is 12.4. The van der Waals surface area contributed by atoms with Gasteiger partial charge in [-0.25, -0.2) is 0 Å². The molecule has 2 fully saturated rings. The number of aromatic nitrogens is 1. The summed E-state index contributed by atoms with van der Waals surface area (Å²) in [6, 6.07) is 17.5. The molecule has 144 valence electrons. The van der Waals surface area contributed by atoms with E-state index in [2.05, 4.69) is 70.2 Å². The van der Waals surface area contributed by atoms with E-state index in [1.165, 1.54) is 27.6 Å². The third-order valence-electron chi connectivity index (χ3n) is 6.73. The van der Waals surface area contributed by atoms with Gasteiger partial charge in [0.05, 0.1) is 6.04 Å². The molecule has 1 N–H and O–H groups in total. The zero-order valence-electron chi connectivity index (χ0n) is 16.6. The summed E-state index contributed by atoms with van der Waals surface area (Å²) < 4.78 is 0. The van der Waals surface area contributed by atoms with Crippen LogP contribution in [0.4, 0.5) is 0 Å². The molecule has 2 aliphatic rings. The molecular formula is C24H27N3O. The first-order valence-corrected chi connectivity index (χ1v) is 10.2. The lowest BCUT2D eigenvalue weighted by Crippen LogP contribution is -2.34. The van der Waals surface area contributed by atoms with Crippen molar-refractivity contribution in [3.8, 4) is 0 Å². The van der Waals surface area contributed by atoms with Gasteiger partial charge < -0.3 is 9.88 Å². The number of fused-ring (bicyclic) bond motifs is 2. The van der Waals surface area contributed by atoms with Crippen LogP contribution in [0.15, 0.2) is 54.7 Å². The second-order valence-electron chi connectivity index (χ2n) is 8.45. The molecule has 2 saturated heterocycles. The Balaban J connectivity index is 1.41. The van der Waals surface area contributed by atoms with Gasteiger partial charge in [-0.2, -0.15) is 0 Å². The molecule has 0 aliphatic carbocycles. The van der Waals surface area contributed by atoms with Crippen LogP contribution in [0.5, 0.6) is 0 Å².